The summed E-state index contributed by atoms with van der Waals surface area (Å²) in [6, 6.07) is 2.12. The van der Waals surface area contributed by atoms with Crippen LogP contribution in [0.1, 0.15) is 25.1 Å². The number of hydrogen-bond acceptors (Lipinski definition) is 2. The Morgan fingerprint density at radius 2 is 2.36 bits per heavy atom. The first-order chi connectivity index (χ1) is 5.33. The molecular weight excluding hydrogens is 138 g/mol. The molecular formula is C8H11N3. The minimum Gasteiger partial charge on any atom is -0.269 e. The lowest BCUT2D eigenvalue weighted by Crippen LogP contribution is -2.01. The van der Waals surface area contributed by atoms with Crippen molar-refractivity contribution in [2.75, 3.05) is 0 Å². The van der Waals surface area contributed by atoms with E-state index in [0.717, 1.165) is 18.7 Å². The van der Waals surface area contributed by atoms with Gasteiger partial charge in [-0.1, -0.05) is 6.92 Å². The van der Waals surface area contributed by atoms with Gasteiger partial charge in [0.05, 0.1) is 17.5 Å². The van der Waals surface area contributed by atoms with Crippen molar-refractivity contribution >= 4 is 0 Å². The smallest absolute Gasteiger partial charge is 0.103 e. The summed E-state index contributed by atoms with van der Waals surface area (Å²) < 4.78 is 1.86. The minimum atomic E-state index is 0.703. The Labute approximate surface area is 66.3 Å². The van der Waals surface area contributed by atoms with Crippen LogP contribution in [-0.4, -0.2) is 9.78 Å². The van der Waals surface area contributed by atoms with Crippen molar-refractivity contribution in [1.29, 1.82) is 5.26 Å². The first-order valence-corrected chi connectivity index (χ1v) is 3.78. The van der Waals surface area contributed by atoms with Gasteiger partial charge in [-0.15, -0.1) is 0 Å². The van der Waals surface area contributed by atoms with E-state index in [2.05, 4.69) is 11.2 Å². The van der Waals surface area contributed by atoms with E-state index in [1.54, 1.807) is 6.20 Å². The van der Waals surface area contributed by atoms with Crippen LogP contribution in [0.4, 0.5) is 0 Å². The number of nitrogens with zero attached hydrogens (tertiary/aromatic N) is 3. The fourth-order valence-corrected chi connectivity index (χ4v) is 1.15. The van der Waals surface area contributed by atoms with Crippen LogP contribution in [0.2, 0.25) is 0 Å². The summed E-state index contributed by atoms with van der Waals surface area (Å²) in [5.74, 6) is 0. The Morgan fingerprint density at radius 3 is 2.82 bits per heavy atom. The molecule has 0 saturated carbocycles. The molecule has 0 aliphatic rings. The highest BCUT2D eigenvalue weighted by Crippen LogP contribution is 2.07. The van der Waals surface area contributed by atoms with Crippen molar-refractivity contribution in [1.82, 2.24) is 9.78 Å². The zero-order valence-corrected chi connectivity index (χ0v) is 6.83. The Hall–Kier alpha value is -1.30. The van der Waals surface area contributed by atoms with E-state index >= 15 is 0 Å². The van der Waals surface area contributed by atoms with Gasteiger partial charge in [0.25, 0.3) is 0 Å². The van der Waals surface area contributed by atoms with Crippen LogP contribution in [0, 0.1) is 11.3 Å². The molecule has 0 aliphatic carbocycles. The Balaban J connectivity index is 3.12. The minimum absolute atomic E-state index is 0.703. The maximum absolute atomic E-state index is 8.66. The molecule has 1 aromatic heterocycles. The maximum atomic E-state index is 8.66. The number of nitriles is 1. The number of aryl methyl sites for hydroxylation is 1. The summed E-state index contributed by atoms with van der Waals surface area (Å²) in [6.07, 6.45) is 2.50. The molecule has 1 heterocycles. The van der Waals surface area contributed by atoms with Gasteiger partial charge in [-0.25, -0.2) is 0 Å². The molecule has 58 valence electrons. The van der Waals surface area contributed by atoms with Gasteiger partial charge in [0.2, 0.25) is 0 Å². The molecule has 1 rings (SSSR count). The van der Waals surface area contributed by atoms with Gasteiger partial charge >= 0.3 is 0 Å². The van der Waals surface area contributed by atoms with Crippen molar-refractivity contribution in [3.05, 3.63) is 17.5 Å². The molecule has 3 heteroatoms. The van der Waals surface area contributed by atoms with E-state index in [1.165, 1.54) is 0 Å². The maximum Gasteiger partial charge on any atom is 0.103 e. The van der Waals surface area contributed by atoms with Crippen molar-refractivity contribution < 1.29 is 0 Å². The second-order valence-electron chi connectivity index (χ2n) is 2.29. The van der Waals surface area contributed by atoms with E-state index < -0.39 is 0 Å². The highest BCUT2D eigenvalue weighted by Gasteiger charge is 2.05. The topological polar surface area (TPSA) is 41.6 Å². The summed E-state index contributed by atoms with van der Waals surface area (Å²) in [7, 11) is 0. The van der Waals surface area contributed by atoms with Crippen molar-refractivity contribution in [3.63, 3.8) is 0 Å². The summed E-state index contributed by atoms with van der Waals surface area (Å²) >= 11 is 0. The highest BCUT2D eigenvalue weighted by molar-refractivity contribution is 5.31. The number of aromatic nitrogens is 2. The normalized spacial score (nSPS) is 9.55. The van der Waals surface area contributed by atoms with Crippen molar-refractivity contribution in [2.24, 2.45) is 0 Å². The quantitative estimate of drug-likeness (QED) is 0.636. The molecule has 0 aromatic carbocycles. The number of hydrogen-bond donors (Lipinski definition) is 0. The molecule has 3 nitrogen and oxygen atoms in total. The molecule has 0 atom stereocenters. The van der Waals surface area contributed by atoms with Crippen molar-refractivity contribution in [2.45, 2.75) is 26.8 Å². The van der Waals surface area contributed by atoms with Gasteiger partial charge in [-0.05, 0) is 13.3 Å². The van der Waals surface area contributed by atoms with Gasteiger partial charge in [0, 0.05) is 6.54 Å². The van der Waals surface area contributed by atoms with Crippen LogP contribution >= 0.6 is 0 Å². The standard InChI is InChI=1S/C8H11N3/c1-3-8-7(5-9)6-10-11(8)4-2/h6H,3-4H2,1-2H3. The van der Waals surface area contributed by atoms with Gasteiger partial charge in [-0.2, -0.15) is 10.4 Å². The van der Waals surface area contributed by atoms with Crippen molar-refractivity contribution in [3.8, 4) is 6.07 Å². The Kier molecular flexibility index (Phi) is 2.27. The highest BCUT2D eigenvalue weighted by atomic mass is 15.3. The molecule has 0 saturated heterocycles. The van der Waals surface area contributed by atoms with Crippen LogP contribution in [0.5, 0.6) is 0 Å². The lowest BCUT2D eigenvalue weighted by atomic mass is 10.2. The Bertz CT molecular complexity index is 280. The third kappa shape index (κ3) is 1.25. The van der Waals surface area contributed by atoms with Crippen LogP contribution < -0.4 is 0 Å². The molecule has 0 amide bonds. The van der Waals surface area contributed by atoms with Crippen LogP contribution in [-0.2, 0) is 13.0 Å². The lowest BCUT2D eigenvalue weighted by Gasteiger charge is -2.00. The summed E-state index contributed by atoms with van der Waals surface area (Å²) in [6.45, 7) is 4.89. The molecule has 0 radical (unpaired) electrons. The summed E-state index contributed by atoms with van der Waals surface area (Å²) in [5, 5.41) is 12.7. The number of rotatable bonds is 2. The molecule has 1 aromatic rings. The van der Waals surface area contributed by atoms with E-state index in [0.29, 0.717) is 5.56 Å². The molecule has 11 heavy (non-hydrogen) atoms. The van der Waals surface area contributed by atoms with Crippen LogP contribution in [0.25, 0.3) is 0 Å². The van der Waals surface area contributed by atoms with E-state index in [1.807, 2.05) is 18.5 Å². The molecule has 0 aliphatic heterocycles. The van der Waals surface area contributed by atoms with Crippen LogP contribution in [0.15, 0.2) is 6.20 Å². The predicted octanol–water partition coefficient (Wildman–Crippen LogP) is 1.34. The average molecular weight is 149 g/mol. The SMILES string of the molecule is CCc1c(C#N)cnn1CC. The van der Waals surface area contributed by atoms with Gasteiger partial charge in [0.15, 0.2) is 0 Å². The zero-order chi connectivity index (χ0) is 8.27. The third-order valence-electron chi connectivity index (χ3n) is 1.70. The molecule has 0 bridgehead atoms. The van der Waals surface area contributed by atoms with E-state index in [9.17, 15) is 0 Å². The molecule has 0 unspecified atom stereocenters. The lowest BCUT2D eigenvalue weighted by molar-refractivity contribution is 0.625. The Morgan fingerprint density at radius 1 is 1.64 bits per heavy atom. The van der Waals surface area contributed by atoms with Gasteiger partial charge in [-0.3, -0.25) is 4.68 Å². The summed E-state index contributed by atoms with van der Waals surface area (Å²) in [4.78, 5) is 0. The predicted molar refractivity (Wildman–Crippen MR) is 42.0 cm³/mol. The average Bonchev–Trinajstić information content (AvgIpc) is 2.45. The monoisotopic (exact) mass is 149 g/mol. The molecule has 0 fully saturated rings. The molecule has 0 N–H and O–H groups in total. The second-order valence-corrected chi connectivity index (χ2v) is 2.29. The van der Waals surface area contributed by atoms with Gasteiger partial charge < -0.3 is 0 Å². The first-order valence-electron chi connectivity index (χ1n) is 3.78. The zero-order valence-electron chi connectivity index (χ0n) is 6.83. The fourth-order valence-electron chi connectivity index (χ4n) is 1.15. The van der Waals surface area contributed by atoms with Gasteiger partial charge in [0.1, 0.15) is 6.07 Å². The summed E-state index contributed by atoms with van der Waals surface area (Å²) in [5.41, 5.74) is 1.74. The van der Waals surface area contributed by atoms with E-state index in [4.69, 9.17) is 5.26 Å². The first kappa shape index (κ1) is 7.80. The second kappa shape index (κ2) is 3.20. The fraction of sp³-hybridized carbons (Fsp3) is 0.500. The third-order valence-corrected chi connectivity index (χ3v) is 1.70. The largest absolute Gasteiger partial charge is 0.269 e. The van der Waals surface area contributed by atoms with E-state index in [-0.39, 0.29) is 0 Å². The van der Waals surface area contributed by atoms with Crippen LogP contribution in [0.3, 0.4) is 0 Å². The molecule has 0 spiro atoms.